The Balaban J connectivity index is 2.04. The largest absolute Gasteiger partial charge is 0.481 e. The molecule has 0 aromatic carbocycles. The highest BCUT2D eigenvalue weighted by Gasteiger charge is 2.21. The molecule has 0 aliphatic rings. The minimum atomic E-state index is -1.25. The molecule has 0 fully saturated rings. The van der Waals surface area contributed by atoms with Crippen molar-refractivity contribution in [3.63, 3.8) is 0 Å². The lowest BCUT2D eigenvalue weighted by molar-refractivity contribution is -0.140. The van der Waals surface area contributed by atoms with E-state index in [-0.39, 0.29) is 37.6 Å². The van der Waals surface area contributed by atoms with Crippen molar-refractivity contribution in [2.45, 2.75) is 115 Å². The normalized spacial score (nSPS) is 12.0. The topological polar surface area (TPSA) is 244 Å². The van der Waals surface area contributed by atoms with Gasteiger partial charge in [0.05, 0.1) is 18.3 Å². The van der Waals surface area contributed by atoms with Crippen LogP contribution >= 0.6 is 0 Å². The maximum Gasteiger partial charge on any atom is 0.326 e. The Labute approximate surface area is 293 Å². The summed E-state index contributed by atoms with van der Waals surface area (Å²) in [7, 11) is 0. The SMILES string of the molecule is O=CC(CCC(=O)O)NC(=O)NC(CCCCNC(=O)CCCCCCC(=O)NCCCCCCN(CC(=O)O)Cc1ccccn1)C(=O)O. The van der Waals surface area contributed by atoms with E-state index in [0.717, 1.165) is 50.6 Å². The summed E-state index contributed by atoms with van der Waals surface area (Å²) in [4.78, 5) is 86.7. The summed E-state index contributed by atoms with van der Waals surface area (Å²) >= 11 is 0. The van der Waals surface area contributed by atoms with Gasteiger partial charge in [-0.3, -0.25) is 29.1 Å². The zero-order valence-electron chi connectivity index (χ0n) is 28.8. The van der Waals surface area contributed by atoms with Gasteiger partial charge in [0.25, 0.3) is 0 Å². The molecule has 1 heterocycles. The first-order valence-electron chi connectivity index (χ1n) is 17.3. The summed E-state index contributed by atoms with van der Waals surface area (Å²) in [5.74, 6) is -3.34. The maximum atomic E-state index is 12.1. The Morgan fingerprint density at radius 3 is 1.90 bits per heavy atom. The fourth-order valence-electron chi connectivity index (χ4n) is 5.05. The molecule has 7 N–H and O–H groups in total. The average molecular weight is 707 g/mol. The van der Waals surface area contributed by atoms with Crippen LogP contribution in [0.5, 0.6) is 0 Å². The number of hydrogen-bond acceptors (Lipinski definition) is 9. The van der Waals surface area contributed by atoms with Crippen LogP contribution in [0.2, 0.25) is 0 Å². The molecule has 0 bridgehead atoms. The second kappa shape index (κ2) is 27.2. The van der Waals surface area contributed by atoms with E-state index in [2.05, 4.69) is 26.3 Å². The molecule has 0 saturated heterocycles. The van der Waals surface area contributed by atoms with E-state index in [9.17, 15) is 43.8 Å². The molecule has 0 aliphatic heterocycles. The Bertz CT molecular complexity index is 1190. The van der Waals surface area contributed by atoms with Gasteiger partial charge < -0.3 is 41.4 Å². The molecule has 280 valence electrons. The Morgan fingerprint density at radius 1 is 0.720 bits per heavy atom. The predicted octanol–water partition coefficient (Wildman–Crippen LogP) is 2.46. The molecule has 1 aromatic rings. The quantitative estimate of drug-likeness (QED) is 0.0451. The van der Waals surface area contributed by atoms with Gasteiger partial charge in [-0.25, -0.2) is 9.59 Å². The summed E-state index contributed by atoms with van der Waals surface area (Å²) < 4.78 is 0. The highest BCUT2D eigenvalue weighted by molar-refractivity contribution is 5.84. The van der Waals surface area contributed by atoms with Crippen molar-refractivity contribution in [3.05, 3.63) is 30.1 Å². The zero-order chi connectivity index (χ0) is 37.0. The second-order valence-electron chi connectivity index (χ2n) is 12.1. The van der Waals surface area contributed by atoms with E-state index in [1.165, 1.54) is 0 Å². The number of aldehydes is 1. The van der Waals surface area contributed by atoms with Crippen LogP contribution < -0.4 is 21.3 Å². The monoisotopic (exact) mass is 706 g/mol. The van der Waals surface area contributed by atoms with Gasteiger partial charge in [0.1, 0.15) is 12.3 Å². The average Bonchev–Trinajstić information content (AvgIpc) is 3.06. The lowest BCUT2D eigenvalue weighted by atomic mass is 10.1. The number of amides is 4. The zero-order valence-corrected chi connectivity index (χ0v) is 28.8. The lowest BCUT2D eigenvalue weighted by Crippen LogP contribution is -2.49. The lowest BCUT2D eigenvalue weighted by Gasteiger charge is -2.19. The third-order valence-corrected chi connectivity index (χ3v) is 7.75. The molecule has 50 heavy (non-hydrogen) atoms. The fourth-order valence-corrected chi connectivity index (χ4v) is 5.05. The van der Waals surface area contributed by atoms with Gasteiger partial charge in [-0.1, -0.05) is 31.7 Å². The number of carbonyl (C=O) groups excluding carboxylic acids is 4. The molecule has 0 radical (unpaired) electrons. The summed E-state index contributed by atoms with van der Waals surface area (Å²) in [6, 6.07) is 2.45. The number of urea groups is 1. The number of carboxylic acids is 3. The summed E-state index contributed by atoms with van der Waals surface area (Å²) in [6.45, 7) is 2.09. The molecule has 0 spiro atoms. The van der Waals surface area contributed by atoms with Crippen LogP contribution in [0.15, 0.2) is 24.4 Å². The van der Waals surface area contributed by atoms with Crippen LogP contribution in [-0.2, 0) is 35.3 Å². The van der Waals surface area contributed by atoms with Crippen LogP contribution in [0.25, 0.3) is 0 Å². The van der Waals surface area contributed by atoms with E-state index < -0.39 is 36.0 Å². The molecule has 1 aromatic heterocycles. The predicted molar refractivity (Wildman–Crippen MR) is 183 cm³/mol. The number of pyridine rings is 1. The molecular formula is C34H54N6O10. The van der Waals surface area contributed by atoms with Crippen molar-refractivity contribution in [1.82, 2.24) is 31.2 Å². The van der Waals surface area contributed by atoms with Crippen molar-refractivity contribution >= 4 is 42.0 Å². The van der Waals surface area contributed by atoms with Gasteiger partial charge in [0.15, 0.2) is 0 Å². The maximum absolute atomic E-state index is 12.1. The minimum Gasteiger partial charge on any atom is -0.481 e. The number of carbonyl (C=O) groups is 7. The Kier molecular flexibility index (Phi) is 23.7. The number of nitrogens with one attached hydrogen (secondary N) is 4. The summed E-state index contributed by atoms with van der Waals surface area (Å²) in [5, 5.41) is 37.5. The van der Waals surface area contributed by atoms with Crippen LogP contribution in [-0.4, -0.2) is 106 Å². The smallest absolute Gasteiger partial charge is 0.326 e. The highest BCUT2D eigenvalue weighted by Crippen LogP contribution is 2.08. The fraction of sp³-hybridized carbons (Fsp3) is 0.647. The molecule has 16 heteroatoms. The molecule has 1 rings (SSSR count). The number of hydrogen-bond donors (Lipinski definition) is 7. The van der Waals surface area contributed by atoms with Gasteiger partial charge >= 0.3 is 23.9 Å². The van der Waals surface area contributed by atoms with E-state index in [1.807, 2.05) is 23.1 Å². The van der Waals surface area contributed by atoms with Crippen molar-refractivity contribution in [2.24, 2.45) is 0 Å². The molecule has 4 amide bonds. The van der Waals surface area contributed by atoms with Gasteiger partial charge in [0, 0.05) is 45.1 Å². The van der Waals surface area contributed by atoms with Crippen molar-refractivity contribution in [1.29, 1.82) is 0 Å². The summed E-state index contributed by atoms with van der Waals surface area (Å²) in [5.41, 5.74) is 0.837. The molecule has 2 atom stereocenters. The van der Waals surface area contributed by atoms with E-state index in [0.29, 0.717) is 64.6 Å². The second-order valence-corrected chi connectivity index (χ2v) is 12.1. The third kappa shape index (κ3) is 23.7. The first kappa shape index (κ1) is 43.4. The van der Waals surface area contributed by atoms with Crippen molar-refractivity contribution in [2.75, 3.05) is 26.2 Å². The molecule has 16 nitrogen and oxygen atoms in total. The number of nitrogens with zero attached hydrogens (tertiary/aromatic N) is 2. The van der Waals surface area contributed by atoms with Gasteiger partial charge in [-0.2, -0.15) is 0 Å². The number of unbranched alkanes of at least 4 members (excludes halogenated alkanes) is 7. The van der Waals surface area contributed by atoms with Gasteiger partial charge in [-0.05, 0) is 70.0 Å². The van der Waals surface area contributed by atoms with Crippen LogP contribution in [0, 0.1) is 0 Å². The number of carboxylic acid groups (broad SMARTS) is 3. The Morgan fingerprint density at radius 2 is 1.34 bits per heavy atom. The molecular weight excluding hydrogens is 652 g/mol. The van der Waals surface area contributed by atoms with E-state index >= 15 is 0 Å². The van der Waals surface area contributed by atoms with Crippen molar-refractivity contribution < 1.29 is 48.9 Å². The minimum absolute atomic E-state index is 0.00704. The standard InChI is InChI=1S/C34H54N6O10/c41-25-27(17-18-31(44)45)38-34(50)39-28(33(48)49)14-8-11-21-37-30(43)16-6-2-1-5-15-29(42)36-20-9-3-4-12-22-40(24-32(46)47)23-26-13-7-10-19-35-26/h7,10,13,19,25,27-28H,1-6,8-9,11-12,14-18,20-24H2,(H,36,42)(H,37,43)(H,44,45)(H,46,47)(H,48,49)(H2,38,39,50). The van der Waals surface area contributed by atoms with Crippen LogP contribution in [0.4, 0.5) is 4.79 Å². The van der Waals surface area contributed by atoms with E-state index in [1.54, 1.807) is 6.20 Å². The Hall–Kier alpha value is -4.60. The van der Waals surface area contributed by atoms with Gasteiger partial charge in [0.2, 0.25) is 11.8 Å². The number of aromatic nitrogens is 1. The van der Waals surface area contributed by atoms with Crippen molar-refractivity contribution in [3.8, 4) is 0 Å². The first-order valence-corrected chi connectivity index (χ1v) is 17.3. The first-order chi connectivity index (χ1) is 24.0. The van der Waals surface area contributed by atoms with Crippen LogP contribution in [0.3, 0.4) is 0 Å². The molecule has 2 unspecified atom stereocenters. The number of aliphatic carboxylic acids is 3. The third-order valence-electron chi connectivity index (χ3n) is 7.75. The number of rotatable bonds is 30. The molecule has 0 saturated carbocycles. The van der Waals surface area contributed by atoms with Crippen LogP contribution in [0.1, 0.15) is 102 Å². The highest BCUT2D eigenvalue weighted by atomic mass is 16.4. The van der Waals surface area contributed by atoms with Gasteiger partial charge in [-0.15, -0.1) is 0 Å². The summed E-state index contributed by atoms with van der Waals surface area (Å²) in [6.07, 6.45) is 10.1. The van der Waals surface area contributed by atoms with E-state index in [4.69, 9.17) is 5.11 Å². The molecule has 0 aliphatic carbocycles.